The van der Waals surface area contributed by atoms with Crippen LogP contribution in [0.5, 0.6) is 0 Å². The Bertz CT molecular complexity index is 577. The molecule has 0 radical (unpaired) electrons. The van der Waals surface area contributed by atoms with E-state index < -0.39 is 12.3 Å². The van der Waals surface area contributed by atoms with E-state index in [-0.39, 0.29) is 18.5 Å². The average molecular weight is 340 g/mol. The van der Waals surface area contributed by atoms with Gasteiger partial charge in [-0.2, -0.15) is 0 Å². The zero-order valence-corrected chi connectivity index (χ0v) is 14.4. The molecule has 1 amide bonds. The van der Waals surface area contributed by atoms with Crippen molar-refractivity contribution in [3.63, 3.8) is 0 Å². The molecular formula is C16H25FN4O3. The summed E-state index contributed by atoms with van der Waals surface area (Å²) in [6.45, 7) is 4.72. The number of rotatable bonds is 7. The van der Waals surface area contributed by atoms with Gasteiger partial charge >= 0.3 is 6.01 Å². The number of halogens is 1. The van der Waals surface area contributed by atoms with Crippen LogP contribution in [0.3, 0.4) is 0 Å². The first-order valence-corrected chi connectivity index (χ1v) is 8.51. The molecule has 1 aromatic heterocycles. The van der Waals surface area contributed by atoms with E-state index in [4.69, 9.17) is 9.15 Å². The van der Waals surface area contributed by atoms with Gasteiger partial charge in [0, 0.05) is 26.9 Å². The van der Waals surface area contributed by atoms with Crippen LogP contribution in [0.1, 0.15) is 32.1 Å². The maximum absolute atomic E-state index is 13.9. The smallest absolute Gasteiger partial charge is 0.318 e. The van der Waals surface area contributed by atoms with Crippen molar-refractivity contribution >= 4 is 11.9 Å². The van der Waals surface area contributed by atoms with Crippen LogP contribution < -0.4 is 4.90 Å². The summed E-state index contributed by atoms with van der Waals surface area (Å²) in [6, 6.07) is 0.140. The van der Waals surface area contributed by atoms with Gasteiger partial charge in [0.1, 0.15) is 12.3 Å². The highest BCUT2D eigenvalue weighted by atomic mass is 19.1. The second kappa shape index (κ2) is 7.04. The molecule has 0 spiro atoms. The van der Waals surface area contributed by atoms with Gasteiger partial charge in [0.15, 0.2) is 0 Å². The van der Waals surface area contributed by atoms with Crippen molar-refractivity contribution in [2.45, 2.75) is 51.4 Å². The Kier molecular flexibility index (Phi) is 5.03. The predicted molar refractivity (Wildman–Crippen MR) is 85.5 cm³/mol. The SMILES string of the molecule is Cc1nnc(N2C[C@@H](F)C[C@H]2CN(C)C(=O)C(C)OCC2CC2)o1. The van der Waals surface area contributed by atoms with Gasteiger partial charge in [0.25, 0.3) is 5.91 Å². The number of likely N-dealkylation sites (N-methyl/N-ethyl adjacent to an activating group) is 1. The number of amides is 1. The first-order valence-electron chi connectivity index (χ1n) is 8.51. The molecular weight excluding hydrogens is 315 g/mol. The number of aryl methyl sites for hydroxylation is 1. The monoisotopic (exact) mass is 340 g/mol. The quantitative estimate of drug-likeness (QED) is 0.750. The van der Waals surface area contributed by atoms with Crippen LogP contribution in [-0.2, 0) is 9.53 Å². The Morgan fingerprint density at radius 2 is 2.25 bits per heavy atom. The molecule has 2 fully saturated rings. The summed E-state index contributed by atoms with van der Waals surface area (Å²) < 4.78 is 24.9. The highest BCUT2D eigenvalue weighted by molar-refractivity contribution is 5.80. The van der Waals surface area contributed by atoms with Crippen molar-refractivity contribution in [1.82, 2.24) is 15.1 Å². The van der Waals surface area contributed by atoms with Crippen LogP contribution in [0.4, 0.5) is 10.4 Å². The van der Waals surface area contributed by atoms with Gasteiger partial charge in [0.05, 0.1) is 19.2 Å². The number of anilines is 1. The third kappa shape index (κ3) is 4.03. The molecule has 1 aliphatic carbocycles. The zero-order chi connectivity index (χ0) is 17.3. The third-order valence-electron chi connectivity index (χ3n) is 4.61. The molecule has 0 aromatic carbocycles. The fraction of sp³-hybridized carbons (Fsp3) is 0.812. The van der Waals surface area contributed by atoms with E-state index in [2.05, 4.69) is 10.2 Å². The lowest BCUT2D eigenvalue weighted by molar-refractivity contribution is -0.141. The fourth-order valence-electron chi connectivity index (χ4n) is 3.02. The lowest BCUT2D eigenvalue weighted by Gasteiger charge is -2.28. The van der Waals surface area contributed by atoms with Gasteiger partial charge in [-0.15, -0.1) is 5.10 Å². The van der Waals surface area contributed by atoms with Gasteiger partial charge in [0.2, 0.25) is 5.89 Å². The van der Waals surface area contributed by atoms with Crippen molar-refractivity contribution in [2.24, 2.45) is 5.92 Å². The van der Waals surface area contributed by atoms with E-state index in [1.807, 2.05) is 0 Å². The van der Waals surface area contributed by atoms with Gasteiger partial charge in [-0.25, -0.2) is 4.39 Å². The molecule has 0 bridgehead atoms. The lowest BCUT2D eigenvalue weighted by Crippen LogP contribution is -2.45. The molecule has 3 atom stereocenters. The van der Waals surface area contributed by atoms with E-state index in [1.54, 1.807) is 30.7 Å². The van der Waals surface area contributed by atoms with E-state index in [1.165, 1.54) is 12.8 Å². The topological polar surface area (TPSA) is 71.7 Å². The Labute approximate surface area is 141 Å². The summed E-state index contributed by atoms with van der Waals surface area (Å²) in [7, 11) is 1.72. The zero-order valence-electron chi connectivity index (χ0n) is 14.4. The normalized spacial score (nSPS) is 25.1. The number of hydrogen-bond donors (Lipinski definition) is 0. The molecule has 2 aliphatic rings. The first-order chi connectivity index (χ1) is 11.4. The number of nitrogens with zero attached hydrogens (tertiary/aromatic N) is 4. The standard InChI is InChI=1S/C16H25FN4O3/c1-10(23-9-12-4-5-12)15(22)20(3)8-14-6-13(17)7-21(14)16-19-18-11(2)24-16/h10,12-14H,4-9H2,1-3H3/t10?,13-,14-/m0/s1. The number of hydrogen-bond acceptors (Lipinski definition) is 6. The van der Waals surface area contributed by atoms with E-state index in [0.29, 0.717) is 37.4 Å². The lowest BCUT2D eigenvalue weighted by atomic mass is 10.2. The molecule has 0 N–H and O–H groups in total. The highest BCUT2D eigenvalue weighted by Crippen LogP contribution is 2.29. The maximum atomic E-state index is 13.9. The van der Waals surface area contributed by atoms with E-state index in [0.717, 1.165) is 0 Å². The van der Waals surface area contributed by atoms with Crippen LogP contribution >= 0.6 is 0 Å². The second-order valence-electron chi connectivity index (χ2n) is 6.88. The molecule has 1 saturated heterocycles. The number of alkyl halides is 1. The Hall–Kier alpha value is -1.70. The Morgan fingerprint density at radius 1 is 1.50 bits per heavy atom. The van der Waals surface area contributed by atoms with Gasteiger partial charge in [-0.3, -0.25) is 4.79 Å². The van der Waals surface area contributed by atoms with E-state index >= 15 is 0 Å². The molecule has 7 nitrogen and oxygen atoms in total. The first kappa shape index (κ1) is 17.1. The number of aromatic nitrogens is 2. The molecule has 8 heteroatoms. The summed E-state index contributed by atoms with van der Waals surface area (Å²) in [6.07, 6.45) is 1.28. The number of ether oxygens (including phenoxy) is 1. The van der Waals surface area contributed by atoms with Crippen LogP contribution in [0.2, 0.25) is 0 Å². The summed E-state index contributed by atoms with van der Waals surface area (Å²) >= 11 is 0. The molecule has 2 heterocycles. The molecule has 1 unspecified atom stereocenters. The summed E-state index contributed by atoms with van der Waals surface area (Å²) in [5, 5.41) is 7.77. The van der Waals surface area contributed by atoms with Crippen molar-refractivity contribution < 1.29 is 18.3 Å². The minimum atomic E-state index is -0.964. The van der Waals surface area contributed by atoms with Gasteiger partial charge in [-0.1, -0.05) is 5.10 Å². The maximum Gasteiger partial charge on any atom is 0.318 e. The minimum absolute atomic E-state index is 0.0837. The van der Waals surface area contributed by atoms with Crippen LogP contribution in [0, 0.1) is 12.8 Å². The van der Waals surface area contributed by atoms with Gasteiger partial charge < -0.3 is 19.0 Å². The largest absolute Gasteiger partial charge is 0.408 e. The summed E-state index contributed by atoms with van der Waals surface area (Å²) in [5.74, 6) is 0.973. The van der Waals surface area contributed by atoms with Gasteiger partial charge in [-0.05, 0) is 25.7 Å². The fourth-order valence-corrected chi connectivity index (χ4v) is 3.02. The van der Waals surface area contributed by atoms with Crippen molar-refractivity contribution in [1.29, 1.82) is 0 Å². The number of carbonyl (C=O) groups is 1. The molecule has 134 valence electrons. The highest BCUT2D eigenvalue weighted by Gasteiger charge is 2.37. The predicted octanol–water partition coefficient (Wildman–Crippen LogP) is 1.57. The Morgan fingerprint density at radius 3 is 2.88 bits per heavy atom. The summed E-state index contributed by atoms with van der Waals surface area (Å²) in [4.78, 5) is 15.8. The molecule has 1 aliphatic heterocycles. The van der Waals surface area contributed by atoms with Crippen molar-refractivity contribution in [2.75, 3.05) is 31.6 Å². The van der Waals surface area contributed by atoms with E-state index in [9.17, 15) is 9.18 Å². The van der Waals surface area contributed by atoms with Crippen LogP contribution in [0.15, 0.2) is 4.42 Å². The molecule has 1 saturated carbocycles. The van der Waals surface area contributed by atoms with Crippen LogP contribution in [0.25, 0.3) is 0 Å². The molecule has 1 aromatic rings. The molecule has 3 rings (SSSR count). The van der Waals surface area contributed by atoms with Crippen molar-refractivity contribution in [3.8, 4) is 0 Å². The Balaban J connectivity index is 1.56. The summed E-state index contributed by atoms with van der Waals surface area (Å²) in [5.41, 5.74) is 0. The van der Waals surface area contributed by atoms with Crippen molar-refractivity contribution in [3.05, 3.63) is 5.89 Å². The minimum Gasteiger partial charge on any atom is -0.408 e. The molecule has 24 heavy (non-hydrogen) atoms. The average Bonchev–Trinajstić information content (AvgIpc) is 3.17. The third-order valence-corrected chi connectivity index (χ3v) is 4.61. The van der Waals surface area contributed by atoms with Crippen LogP contribution in [-0.4, -0.2) is 66.1 Å². The second-order valence-corrected chi connectivity index (χ2v) is 6.88. The number of carbonyl (C=O) groups excluding carboxylic acids is 1.